The van der Waals surface area contributed by atoms with E-state index < -0.39 is 5.91 Å². The summed E-state index contributed by atoms with van der Waals surface area (Å²) in [5, 5.41) is 10.4. The Morgan fingerprint density at radius 2 is 2.00 bits per heavy atom. The van der Waals surface area contributed by atoms with Gasteiger partial charge in [0, 0.05) is 30.3 Å². The number of halogens is 2. The molecule has 2 amide bonds. The van der Waals surface area contributed by atoms with Crippen molar-refractivity contribution in [2.75, 3.05) is 19.7 Å². The number of hydrogen-bond acceptors (Lipinski definition) is 5. The first-order chi connectivity index (χ1) is 14.0. The summed E-state index contributed by atoms with van der Waals surface area (Å²) >= 11 is 12.4. The van der Waals surface area contributed by atoms with Gasteiger partial charge in [0.05, 0.1) is 23.4 Å². The van der Waals surface area contributed by atoms with Crippen LogP contribution in [0.25, 0.3) is 5.57 Å². The fourth-order valence-corrected chi connectivity index (χ4v) is 4.41. The van der Waals surface area contributed by atoms with Crippen LogP contribution >= 0.6 is 23.2 Å². The van der Waals surface area contributed by atoms with Gasteiger partial charge < -0.3 is 14.4 Å². The van der Waals surface area contributed by atoms with Gasteiger partial charge in [-0.2, -0.15) is 0 Å². The number of furan rings is 1. The number of carbonyl (C=O) groups excluding carboxylic acids is 2. The van der Waals surface area contributed by atoms with Crippen molar-refractivity contribution in [3.05, 3.63) is 63.7 Å². The molecule has 1 saturated heterocycles. The zero-order valence-electron chi connectivity index (χ0n) is 15.6. The normalized spacial score (nSPS) is 20.2. The Labute approximate surface area is 178 Å². The van der Waals surface area contributed by atoms with E-state index in [9.17, 15) is 14.7 Å². The van der Waals surface area contributed by atoms with E-state index in [2.05, 4.69) is 0 Å². The molecule has 6 nitrogen and oxygen atoms in total. The zero-order valence-corrected chi connectivity index (χ0v) is 17.1. The highest BCUT2D eigenvalue weighted by atomic mass is 35.5. The summed E-state index contributed by atoms with van der Waals surface area (Å²) in [7, 11) is 0. The lowest BCUT2D eigenvalue weighted by atomic mass is 9.97. The molecule has 8 heteroatoms. The molecule has 1 aromatic carbocycles. The van der Waals surface area contributed by atoms with Gasteiger partial charge in [-0.05, 0) is 43.0 Å². The van der Waals surface area contributed by atoms with Crippen molar-refractivity contribution in [1.82, 2.24) is 9.80 Å². The molecule has 0 saturated carbocycles. The molecule has 0 bridgehead atoms. The number of amides is 2. The maximum Gasteiger partial charge on any atom is 0.278 e. The monoisotopic (exact) mass is 434 g/mol. The van der Waals surface area contributed by atoms with Crippen LogP contribution < -0.4 is 0 Å². The van der Waals surface area contributed by atoms with Gasteiger partial charge in [-0.3, -0.25) is 14.5 Å². The number of nitrogens with zero attached hydrogens (tertiary/aromatic N) is 2. The first-order valence-electron chi connectivity index (χ1n) is 9.43. The fraction of sp³-hybridized carbons (Fsp3) is 0.333. The average Bonchev–Trinajstić information content (AvgIpc) is 3.31. The molecule has 0 aliphatic carbocycles. The maximum atomic E-state index is 13.3. The predicted molar refractivity (Wildman–Crippen MR) is 109 cm³/mol. The molecule has 1 atom stereocenters. The minimum atomic E-state index is -0.420. The third-order valence-corrected chi connectivity index (χ3v) is 5.88. The molecule has 1 fully saturated rings. The van der Waals surface area contributed by atoms with Gasteiger partial charge >= 0.3 is 0 Å². The third kappa shape index (κ3) is 3.80. The maximum absolute atomic E-state index is 13.3. The highest BCUT2D eigenvalue weighted by Crippen LogP contribution is 2.38. The molecule has 0 spiro atoms. The standard InChI is InChI=1S/C21H20Cl2N2O4/c22-14-5-6-16(17(23)9-14)18-19(24-7-1-3-13(10-24)12-26)21(28)25(20(18)27)11-15-4-2-8-29-15/h2,4-6,8-9,13,26H,1,3,7,10-12H2. The summed E-state index contributed by atoms with van der Waals surface area (Å²) < 4.78 is 5.33. The number of hydrogen-bond donors (Lipinski definition) is 1. The lowest BCUT2D eigenvalue weighted by molar-refractivity contribution is -0.138. The molecule has 4 rings (SSSR count). The second-order valence-electron chi connectivity index (χ2n) is 7.26. The molecular formula is C21H20Cl2N2O4. The summed E-state index contributed by atoms with van der Waals surface area (Å²) in [6, 6.07) is 8.29. The Kier molecular flexibility index (Phi) is 5.67. The van der Waals surface area contributed by atoms with E-state index in [4.69, 9.17) is 27.6 Å². The van der Waals surface area contributed by atoms with Crippen LogP contribution in [0.5, 0.6) is 0 Å². The second kappa shape index (κ2) is 8.22. The van der Waals surface area contributed by atoms with Crippen LogP contribution in [-0.4, -0.2) is 46.4 Å². The molecule has 2 aromatic rings. The summed E-state index contributed by atoms with van der Waals surface area (Å²) in [4.78, 5) is 29.7. The average molecular weight is 435 g/mol. The summed E-state index contributed by atoms with van der Waals surface area (Å²) in [6.45, 7) is 1.22. The largest absolute Gasteiger partial charge is 0.467 e. The quantitative estimate of drug-likeness (QED) is 0.727. The van der Waals surface area contributed by atoms with Gasteiger partial charge in [0.1, 0.15) is 11.5 Å². The Morgan fingerprint density at radius 1 is 1.17 bits per heavy atom. The molecule has 3 heterocycles. The van der Waals surface area contributed by atoms with E-state index in [1.165, 1.54) is 11.2 Å². The minimum Gasteiger partial charge on any atom is -0.467 e. The van der Waals surface area contributed by atoms with Gasteiger partial charge in [0.15, 0.2) is 0 Å². The van der Waals surface area contributed by atoms with Crippen molar-refractivity contribution < 1.29 is 19.1 Å². The third-order valence-electron chi connectivity index (χ3n) is 5.33. The van der Waals surface area contributed by atoms with Crippen molar-refractivity contribution in [1.29, 1.82) is 0 Å². The first-order valence-corrected chi connectivity index (χ1v) is 10.2. The highest BCUT2D eigenvalue weighted by molar-refractivity contribution is 6.41. The van der Waals surface area contributed by atoms with Crippen molar-refractivity contribution in [3.63, 3.8) is 0 Å². The second-order valence-corrected chi connectivity index (χ2v) is 8.10. The van der Waals surface area contributed by atoms with Gasteiger partial charge in [0.25, 0.3) is 11.8 Å². The van der Waals surface area contributed by atoms with E-state index in [0.717, 1.165) is 12.8 Å². The van der Waals surface area contributed by atoms with E-state index >= 15 is 0 Å². The number of rotatable bonds is 5. The van der Waals surface area contributed by atoms with Crippen molar-refractivity contribution in [2.24, 2.45) is 5.92 Å². The van der Waals surface area contributed by atoms with Crippen LogP contribution in [0.2, 0.25) is 10.0 Å². The fourth-order valence-electron chi connectivity index (χ4n) is 3.91. The summed E-state index contributed by atoms with van der Waals surface area (Å²) in [5.74, 6) is -0.232. The number of aliphatic hydroxyl groups excluding tert-OH is 1. The number of likely N-dealkylation sites (tertiary alicyclic amines) is 1. The van der Waals surface area contributed by atoms with Crippen molar-refractivity contribution in [3.8, 4) is 0 Å². The van der Waals surface area contributed by atoms with Gasteiger partial charge in [-0.25, -0.2) is 0 Å². The number of imide groups is 1. The highest BCUT2D eigenvalue weighted by Gasteiger charge is 2.43. The summed E-state index contributed by atoms with van der Waals surface area (Å²) in [5.41, 5.74) is 1.06. The minimum absolute atomic E-state index is 0.0407. The van der Waals surface area contributed by atoms with Crippen molar-refractivity contribution in [2.45, 2.75) is 19.4 Å². The molecule has 2 aliphatic rings. The molecule has 1 aromatic heterocycles. The Hall–Kier alpha value is -2.28. The van der Waals surface area contributed by atoms with E-state index in [1.807, 2.05) is 4.90 Å². The molecule has 152 valence electrons. The van der Waals surface area contributed by atoms with Crippen LogP contribution in [-0.2, 0) is 16.1 Å². The van der Waals surface area contributed by atoms with Crippen LogP contribution in [0.1, 0.15) is 24.2 Å². The van der Waals surface area contributed by atoms with Crippen LogP contribution in [0.4, 0.5) is 0 Å². The number of aliphatic hydroxyl groups is 1. The van der Waals surface area contributed by atoms with E-state index in [-0.39, 0.29) is 30.5 Å². The Balaban J connectivity index is 1.78. The lowest BCUT2D eigenvalue weighted by Gasteiger charge is -2.34. The molecule has 0 radical (unpaired) electrons. The SMILES string of the molecule is O=C1C(c2ccc(Cl)cc2Cl)=C(N2CCCC(CO)C2)C(=O)N1Cc1ccco1. The molecule has 2 aliphatic heterocycles. The number of piperidine rings is 1. The Morgan fingerprint density at radius 3 is 2.69 bits per heavy atom. The van der Waals surface area contributed by atoms with Gasteiger partial charge in [-0.15, -0.1) is 0 Å². The lowest BCUT2D eigenvalue weighted by Crippen LogP contribution is -2.40. The van der Waals surface area contributed by atoms with Gasteiger partial charge in [0.2, 0.25) is 0 Å². The van der Waals surface area contributed by atoms with Crippen LogP contribution in [0.15, 0.2) is 46.7 Å². The molecule has 1 N–H and O–H groups in total. The number of carbonyl (C=O) groups is 2. The molecule has 1 unspecified atom stereocenters. The first kappa shape index (κ1) is 20.0. The smallest absolute Gasteiger partial charge is 0.278 e. The van der Waals surface area contributed by atoms with Crippen LogP contribution in [0, 0.1) is 5.92 Å². The van der Waals surface area contributed by atoms with E-state index in [0.29, 0.717) is 40.2 Å². The van der Waals surface area contributed by atoms with Crippen LogP contribution in [0.3, 0.4) is 0 Å². The number of benzene rings is 1. The predicted octanol–water partition coefficient (Wildman–Crippen LogP) is 3.57. The summed E-state index contributed by atoms with van der Waals surface area (Å²) in [6.07, 6.45) is 3.22. The molecular weight excluding hydrogens is 415 g/mol. The van der Waals surface area contributed by atoms with E-state index in [1.54, 1.807) is 30.3 Å². The van der Waals surface area contributed by atoms with Crippen molar-refractivity contribution >= 4 is 40.6 Å². The zero-order chi connectivity index (χ0) is 20.5. The topological polar surface area (TPSA) is 74.0 Å². The Bertz CT molecular complexity index is 971. The molecule has 29 heavy (non-hydrogen) atoms. The van der Waals surface area contributed by atoms with Gasteiger partial charge in [-0.1, -0.05) is 29.3 Å².